The Morgan fingerprint density at radius 1 is 1.10 bits per heavy atom. The van der Waals surface area contributed by atoms with E-state index >= 15 is 0 Å². The van der Waals surface area contributed by atoms with Crippen LogP contribution in [-0.2, 0) is 6.42 Å². The number of rotatable bonds is 2. The maximum atomic E-state index is 3.77. The Hall–Kier alpha value is -1.28. The minimum atomic E-state index is 0.433. The Bertz CT molecular complexity index is 637. The molecule has 2 aromatic carbocycles. The standard InChI is InChI=1S/C18H20BrN/c1-11-9-12(2)18(13(3)10-11)20-17-8-7-14-15(17)5-4-6-16(14)19/h4-6,9-10,17,20H,7-8H2,1-3H3. The minimum Gasteiger partial charge on any atom is -0.378 e. The van der Waals surface area contributed by atoms with Crippen molar-refractivity contribution in [1.82, 2.24) is 0 Å². The summed E-state index contributed by atoms with van der Waals surface area (Å²) in [5.74, 6) is 0. The molecule has 104 valence electrons. The van der Waals surface area contributed by atoms with Crippen molar-refractivity contribution < 1.29 is 0 Å². The topological polar surface area (TPSA) is 12.0 Å². The van der Waals surface area contributed by atoms with E-state index in [1.807, 2.05) is 0 Å². The summed E-state index contributed by atoms with van der Waals surface area (Å²) in [5, 5.41) is 3.77. The lowest BCUT2D eigenvalue weighted by Crippen LogP contribution is -2.09. The fraction of sp³-hybridized carbons (Fsp3) is 0.333. The Kier molecular flexibility index (Phi) is 3.59. The van der Waals surface area contributed by atoms with E-state index in [1.54, 1.807) is 0 Å². The van der Waals surface area contributed by atoms with E-state index in [1.165, 1.54) is 44.4 Å². The van der Waals surface area contributed by atoms with Crippen molar-refractivity contribution in [2.75, 3.05) is 5.32 Å². The van der Waals surface area contributed by atoms with E-state index in [9.17, 15) is 0 Å². The lowest BCUT2D eigenvalue weighted by atomic mass is 10.0. The number of hydrogen-bond donors (Lipinski definition) is 1. The van der Waals surface area contributed by atoms with E-state index in [0.717, 1.165) is 6.42 Å². The van der Waals surface area contributed by atoms with Crippen molar-refractivity contribution >= 4 is 21.6 Å². The normalized spacial score (nSPS) is 17.1. The van der Waals surface area contributed by atoms with Crippen molar-refractivity contribution in [3.05, 3.63) is 62.6 Å². The molecule has 0 fully saturated rings. The maximum absolute atomic E-state index is 3.77. The van der Waals surface area contributed by atoms with Crippen molar-refractivity contribution in [3.8, 4) is 0 Å². The van der Waals surface area contributed by atoms with Gasteiger partial charge in [-0.15, -0.1) is 0 Å². The van der Waals surface area contributed by atoms with Gasteiger partial charge in [-0.3, -0.25) is 0 Å². The molecule has 2 heteroatoms. The highest BCUT2D eigenvalue weighted by atomic mass is 79.9. The fourth-order valence-corrected chi connectivity index (χ4v) is 3.92. The summed E-state index contributed by atoms with van der Waals surface area (Å²) in [4.78, 5) is 0. The number of hydrogen-bond acceptors (Lipinski definition) is 1. The molecule has 0 saturated carbocycles. The Morgan fingerprint density at radius 2 is 1.80 bits per heavy atom. The number of fused-ring (bicyclic) bond motifs is 1. The van der Waals surface area contributed by atoms with E-state index < -0.39 is 0 Å². The molecule has 0 amide bonds. The van der Waals surface area contributed by atoms with Crippen LogP contribution in [0.5, 0.6) is 0 Å². The van der Waals surface area contributed by atoms with Crippen LogP contribution in [-0.4, -0.2) is 0 Å². The average Bonchev–Trinajstić information content (AvgIpc) is 2.78. The molecule has 1 nitrogen and oxygen atoms in total. The molecule has 0 aliphatic heterocycles. The second-order valence-corrected chi connectivity index (χ2v) is 6.67. The van der Waals surface area contributed by atoms with Gasteiger partial charge in [-0.2, -0.15) is 0 Å². The fourth-order valence-electron chi connectivity index (χ4n) is 3.34. The summed E-state index contributed by atoms with van der Waals surface area (Å²) < 4.78 is 1.25. The van der Waals surface area contributed by atoms with Crippen molar-refractivity contribution in [2.24, 2.45) is 0 Å². The van der Waals surface area contributed by atoms with Crippen LogP contribution in [0.25, 0.3) is 0 Å². The van der Waals surface area contributed by atoms with E-state index in [-0.39, 0.29) is 0 Å². The zero-order valence-electron chi connectivity index (χ0n) is 12.3. The predicted molar refractivity (Wildman–Crippen MR) is 89.5 cm³/mol. The van der Waals surface area contributed by atoms with Gasteiger partial charge in [-0.25, -0.2) is 0 Å². The van der Waals surface area contributed by atoms with Crippen LogP contribution < -0.4 is 5.32 Å². The number of anilines is 1. The van der Waals surface area contributed by atoms with Gasteiger partial charge < -0.3 is 5.32 Å². The summed E-state index contributed by atoms with van der Waals surface area (Å²) in [7, 11) is 0. The summed E-state index contributed by atoms with van der Waals surface area (Å²) in [5.41, 5.74) is 8.22. The molecule has 0 heterocycles. The molecule has 1 unspecified atom stereocenters. The maximum Gasteiger partial charge on any atom is 0.0520 e. The van der Waals surface area contributed by atoms with Crippen molar-refractivity contribution in [1.29, 1.82) is 0 Å². The van der Waals surface area contributed by atoms with Crippen LogP contribution in [0.4, 0.5) is 5.69 Å². The molecule has 0 bridgehead atoms. The SMILES string of the molecule is Cc1cc(C)c(NC2CCc3c(Br)cccc32)c(C)c1. The first-order valence-electron chi connectivity index (χ1n) is 7.18. The van der Waals surface area contributed by atoms with Crippen molar-refractivity contribution in [2.45, 2.75) is 39.7 Å². The lowest BCUT2D eigenvalue weighted by molar-refractivity contribution is 0.760. The van der Waals surface area contributed by atoms with Gasteiger partial charge in [0, 0.05) is 10.2 Å². The second-order valence-electron chi connectivity index (χ2n) is 5.82. The van der Waals surface area contributed by atoms with Gasteiger partial charge in [-0.05, 0) is 61.9 Å². The van der Waals surface area contributed by atoms with E-state index in [4.69, 9.17) is 0 Å². The third-order valence-electron chi connectivity index (χ3n) is 4.21. The molecule has 1 N–H and O–H groups in total. The van der Waals surface area contributed by atoms with Crippen LogP contribution >= 0.6 is 15.9 Å². The highest BCUT2D eigenvalue weighted by Crippen LogP contribution is 2.38. The quantitative estimate of drug-likeness (QED) is 0.769. The molecule has 20 heavy (non-hydrogen) atoms. The van der Waals surface area contributed by atoms with Gasteiger partial charge in [0.15, 0.2) is 0 Å². The first kappa shape index (κ1) is 13.7. The van der Waals surface area contributed by atoms with Gasteiger partial charge >= 0.3 is 0 Å². The van der Waals surface area contributed by atoms with Gasteiger partial charge in [-0.1, -0.05) is 45.8 Å². The van der Waals surface area contributed by atoms with E-state index in [2.05, 4.69) is 72.3 Å². The monoisotopic (exact) mass is 329 g/mol. The minimum absolute atomic E-state index is 0.433. The zero-order chi connectivity index (χ0) is 14.3. The Morgan fingerprint density at radius 3 is 2.50 bits per heavy atom. The molecule has 0 spiro atoms. The summed E-state index contributed by atoms with van der Waals surface area (Å²) in [6.45, 7) is 6.55. The molecule has 0 saturated heterocycles. The summed E-state index contributed by atoms with van der Waals surface area (Å²) in [6, 6.07) is 11.5. The van der Waals surface area contributed by atoms with Crippen LogP contribution in [0.2, 0.25) is 0 Å². The van der Waals surface area contributed by atoms with Crippen LogP contribution in [0.1, 0.15) is 40.3 Å². The molecule has 1 aliphatic carbocycles. The van der Waals surface area contributed by atoms with Gasteiger partial charge in [0.05, 0.1) is 6.04 Å². The molecule has 3 rings (SSSR count). The largest absolute Gasteiger partial charge is 0.378 e. The lowest BCUT2D eigenvalue weighted by Gasteiger charge is -2.20. The first-order chi connectivity index (χ1) is 9.56. The highest BCUT2D eigenvalue weighted by Gasteiger charge is 2.24. The third kappa shape index (κ3) is 2.37. The van der Waals surface area contributed by atoms with Gasteiger partial charge in [0.25, 0.3) is 0 Å². The average molecular weight is 330 g/mol. The Balaban J connectivity index is 1.94. The predicted octanol–water partition coefficient (Wildman–Crippen LogP) is 5.47. The molecule has 0 radical (unpaired) electrons. The molecule has 0 aromatic heterocycles. The van der Waals surface area contributed by atoms with E-state index in [0.29, 0.717) is 6.04 Å². The molecular formula is C18H20BrN. The summed E-state index contributed by atoms with van der Waals surface area (Å²) in [6.07, 6.45) is 2.32. The van der Waals surface area contributed by atoms with Crippen LogP contribution in [0.3, 0.4) is 0 Å². The smallest absolute Gasteiger partial charge is 0.0520 e. The molecule has 2 aromatic rings. The van der Waals surface area contributed by atoms with Crippen molar-refractivity contribution in [3.63, 3.8) is 0 Å². The van der Waals surface area contributed by atoms with Crippen LogP contribution in [0, 0.1) is 20.8 Å². The summed E-state index contributed by atoms with van der Waals surface area (Å²) >= 11 is 3.67. The number of benzene rings is 2. The number of halogens is 1. The second kappa shape index (κ2) is 5.25. The molecule has 1 aliphatic rings. The Labute approximate surface area is 129 Å². The van der Waals surface area contributed by atoms with Gasteiger partial charge in [0.2, 0.25) is 0 Å². The van der Waals surface area contributed by atoms with Gasteiger partial charge in [0.1, 0.15) is 0 Å². The molecule has 1 atom stereocenters. The van der Waals surface area contributed by atoms with Crippen LogP contribution in [0.15, 0.2) is 34.8 Å². The number of aryl methyl sites for hydroxylation is 3. The first-order valence-corrected chi connectivity index (χ1v) is 7.97. The third-order valence-corrected chi connectivity index (χ3v) is 4.95. The zero-order valence-corrected chi connectivity index (χ0v) is 13.8. The highest BCUT2D eigenvalue weighted by molar-refractivity contribution is 9.10. The number of nitrogens with one attached hydrogen (secondary N) is 1. The molecular weight excluding hydrogens is 310 g/mol.